The first-order valence-electron chi connectivity index (χ1n) is 6.49. The summed E-state index contributed by atoms with van der Waals surface area (Å²) in [7, 11) is 0. The lowest BCUT2D eigenvalue weighted by Crippen LogP contribution is -2.42. The first-order valence-corrected chi connectivity index (χ1v) is 6.49. The number of amides is 2. The number of aliphatic hydroxyl groups is 1. The number of hydrogen-bond acceptors (Lipinski definition) is 3. The van der Waals surface area contributed by atoms with E-state index in [1.165, 1.54) is 12.1 Å². The van der Waals surface area contributed by atoms with Crippen molar-refractivity contribution in [2.24, 2.45) is 0 Å². The number of nitrogens with one attached hydrogen (secondary N) is 2. The van der Waals surface area contributed by atoms with Gasteiger partial charge in [-0.25, -0.2) is 9.18 Å². The molecule has 0 radical (unpaired) electrons. The molecule has 1 aromatic rings. The molecule has 20 heavy (non-hydrogen) atoms. The monoisotopic (exact) mass is 277 g/mol. The normalized spacial score (nSPS) is 16.4. The van der Waals surface area contributed by atoms with Crippen molar-refractivity contribution in [2.75, 3.05) is 11.9 Å². The van der Waals surface area contributed by atoms with Crippen LogP contribution in [0.2, 0.25) is 0 Å². The quantitative estimate of drug-likeness (QED) is 0.791. The van der Waals surface area contributed by atoms with Gasteiger partial charge in [-0.15, -0.1) is 0 Å². The van der Waals surface area contributed by atoms with Gasteiger partial charge < -0.3 is 15.7 Å². The fourth-order valence-corrected chi connectivity index (χ4v) is 2.32. The average molecular weight is 277 g/mol. The Kier molecular flexibility index (Phi) is 4.20. The molecule has 0 aliphatic heterocycles. The van der Waals surface area contributed by atoms with E-state index in [9.17, 15) is 14.3 Å². The summed E-state index contributed by atoms with van der Waals surface area (Å²) in [5.74, 6) is -0.626. The van der Waals surface area contributed by atoms with Crippen LogP contribution in [0.3, 0.4) is 0 Å². The van der Waals surface area contributed by atoms with E-state index in [2.05, 4.69) is 10.6 Å². The molecule has 0 bridgehead atoms. The van der Waals surface area contributed by atoms with Gasteiger partial charge in [-0.2, -0.15) is 5.26 Å². The van der Waals surface area contributed by atoms with Crippen LogP contribution in [-0.4, -0.2) is 23.3 Å². The van der Waals surface area contributed by atoms with E-state index in [4.69, 9.17) is 5.26 Å². The highest BCUT2D eigenvalue weighted by Crippen LogP contribution is 2.28. The summed E-state index contributed by atoms with van der Waals surface area (Å²) in [6.07, 6.45) is 3.29. The van der Waals surface area contributed by atoms with Crippen LogP contribution in [0, 0.1) is 17.1 Å². The molecule has 1 aliphatic carbocycles. The third kappa shape index (κ3) is 3.45. The van der Waals surface area contributed by atoms with E-state index in [1.807, 2.05) is 0 Å². The molecule has 1 aromatic carbocycles. The number of hydrogen-bond donors (Lipinski definition) is 3. The number of anilines is 1. The van der Waals surface area contributed by atoms with Crippen LogP contribution >= 0.6 is 0 Å². The number of halogens is 1. The Morgan fingerprint density at radius 1 is 1.45 bits per heavy atom. The summed E-state index contributed by atoms with van der Waals surface area (Å²) in [6.45, 7) is 0.186. The number of carbonyl (C=O) groups excluding carboxylic acids is 1. The molecule has 0 saturated heterocycles. The molecular formula is C14H16FN3O2. The Bertz CT molecular complexity index is 548. The van der Waals surface area contributed by atoms with Crippen LogP contribution in [0.1, 0.15) is 31.2 Å². The minimum Gasteiger partial charge on any atom is -0.388 e. The maximum absolute atomic E-state index is 13.1. The van der Waals surface area contributed by atoms with Crippen molar-refractivity contribution in [3.63, 3.8) is 0 Å². The summed E-state index contributed by atoms with van der Waals surface area (Å²) in [5, 5.41) is 23.9. The number of carbonyl (C=O) groups is 1. The van der Waals surface area contributed by atoms with Crippen molar-refractivity contribution < 1.29 is 14.3 Å². The zero-order valence-electron chi connectivity index (χ0n) is 10.9. The Morgan fingerprint density at radius 3 is 2.80 bits per heavy atom. The van der Waals surface area contributed by atoms with Gasteiger partial charge in [0.05, 0.1) is 11.2 Å². The van der Waals surface area contributed by atoms with E-state index >= 15 is 0 Å². The molecule has 1 fully saturated rings. The maximum atomic E-state index is 13.1. The lowest BCUT2D eigenvalue weighted by Gasteiger charge is -2.22. The highest BCUT2D eigenvalue weighted by Gasteiger charge is 2.31. The van der Waals surface area contributed by atoms with Gasteiger partial charge in [0.15, 0.2) is 0 Å². The van der Waals surface area contributed by atoms with Crippen LogP contribution in [0.25, 0.3) is 0 Å². The Morgan fingerprint density at radius 2 is 2.15 bits per heavy atom. The van der Waals surface area contributed by atoms with E-state index < -0.39 is 17.4 Å². The fourth-order valence-electron chi connectivity index (χ4n) is 2.32. The predicted molar refractivity (Wildman–Crippen MR) is 71.6 cm³/mol. The van der Waals surface area contributed by atoms with E-state index in [0.717, 1.165) is 18.9 Å². The van der Waals surface area contributed by atoms with Gasteiger partial charge in [-0.05, 0) is 31.0 Å². The number of benzene rings is 1. The second-order valence-electron chi connectivity index (χ2n) is 5.05. The third-order valence-electron chi connectivity index (χ3n) is 3.46. The van der Waals surface area contributed by atoms with Crippen LogP contribution in [-0.2, 0) is 0 Å². The summed E-state index contributed by atoms with van der Waals surface area (Å²) in [6, 6.07) is 4.98. The van der Waals surface area contributed by atoms with E-state index in [-0.39, 0.29) is 12.1 Å². The first kappa shape index (κ1) is 14.3. The van der Waals surface area contributed by atoms with Gasteiger partial charge >= 0.3 is 6.03 Å². The molecule has 3 N–H and O–H groups in total. The van der Waals surface area contributed by atoms with Crippen molar-refractivity contribution in [1.29, 1.82) is 5.26 Å². The first-order chi connectivity index (χ1) is 9.52. The molecule has 6 heteroatoms. The van der Waals surface area contributed by atoms with Gasteiger partial charge in [0.25, 0.3) is 0 Å². The summed E-state index contributed by atoms with van der Waals surface area (Å²) < 4.78 is 13.1. The number of nitrogens with zero attached hydrogens (tertiary/aromatic N) is 1. The summed E-state index contributed by atoms with van der Waals surface area (Å²) in [4.78, 5) is 11.7. The molecule has 2 amide bonds. The van der Waals surface area contributed by atoms with E-state index in [0.29, 0.717) is 18.5 Å². The highest BCUT2D eigenvalue weighted by molar-refractivity contribution is 5.89. The molecule has 5 nitrogen and oxygen atoms in total. The molecule has 2 rings (SSSR count). The van der Waals surface area contributed by atoms with Crippen molar-refractivity contribution in [3.05, 3.63) is 29.6 Å². The number of rotatable bonds is 3. The molecule has 0 unspecified atom stereocenters. The lowest BCUT2D eigenvalue weighted by atomic mass is 10.0. The molecule has 1 aliphatic rings. The van der Waals surface area contributed by atoms with Gasteiger partial charge in [0.2, 0.25) is 0 Å². The van der Waals surface area contributed by atoms with Crippen molar-refractivity contribution in [3.8, 4) is 6.07 Å². The topological polar surface area (TPSA) is 85.2 Å². The SMILES string of the molecule is N#Cc1cc(NC(=O)NCC2(O)CCCC2)ccc1F. The molecule has 1 saturated carbocycles. The Hall–Kier alpha value is -2.13. The van der Waals surface area contributed by atoms with Crippen molar-refractivity contribution in [1.82, 2.24) is 5.32 Å². The van der Waals surface area contributed by atoms with Gasteiger partial charge in [-0.3, -0.25) is 0 Å². The van der Waals surface area contributed by atoms with Crippen LogP contribution < -0.4 is 10.6 Å². The highest BCUT2D eigenvalue weighted by atomic mass is 19.1. The minimum absolute atomic E-state index is 0.128. The molecule has 0 atom stereocenters. The maximum Gasteiger partial charge on any atom is 0.319 e. The lowest BCUT2D eigenvalue weighted by molar-refractivity contribution is 0.0506. The van der Waals surface area contributed by atoms with Gasteiger partial charge in [0, 0.05) is 12.2 Å². The molecule has 0 spiro atoms. The largest absolute Gasteiger partial charge is 0.388 e. The Balaban J connectivity index is 1.90. The smallest absolute Gasteiger partial charge is 0.319 e. The van der Waals surface area contributed by atoms with E-state index in [1.54, 1.807) is 6.07 Å². The Labute approximate surface area is 116 Å². The van der Waals surface area contributed by atoms with Gasteiger partial charge in [-0.1, -0.05) is 12.8 Å². The zero-order valence-corrected chi connectivity index (χ0v) is 10.9. The molecule has 0 aromatic heterocycles. The molecule has 0 heterocycles. The number of urea groups is 1. The van der Waals surface area contributed by atoms with Crippen LogP contribution in [0.4, 0.5) is 14.9 Å². The molecular weight excluding hydrogens is 261 g/mol. The van der Waals surface area contributed by atoms with Crippen LogP contribution in [0.5, 0.6) is 0 Å². The summed E-state index contributed by atoms with van der Waals surface area (Å²) in [5.41, 5.74) is -0.617. The zero-order chi connectivity index (χ0) is 14.6. The predicted octanol–water partition coefficient (Wildman–Crippen LogP) is 2.12. The minimum atomic E-state index is -0.821. The third-order valence-corrected chi connectivity index (χ3v) is 3.46. The van der Waals surface area contributed by atoms with Gasteiger partial charge in [0.1, 0.15) is 11.9 Å². The van der Waals surface area contributed by atoms with Crippen molar-refractivity contribution >= 4 is 11.7 Å². The second-order valence-corrected chi connectivity index (χ2v) is 5.05. The standard InChI is InChI=1S/C14H16FN3O2/c15-12-4-3-11(7-10(12)8-16)18-13(19)17-9-14(20)5-1-2-6-14/h3-4,7,20H,1-2,5-6,9H2,(H2,17,18,19). The number of nitriles is 1. The summed E-state index contributed by atoms with van der Waals surface area (Å²) >= 11 is 0. The molecule has 106 valence electrons. The fraction of sp³-hybridized carbons (Fsp3) is 0.429. The van der Waals surface area contributed by atoms with Crippen molar-refractivity contribution in [2.45, 2.75) is 31.3 Å². The average Bonchev–Trinajstić information content (AvgIpc) is 2.86. The second kappa shape index (κ2) is 5.88. The van der Waals surface area contributed by atoms with Crippen LogP contribution in [0.15, 0.2) is 18.2 Å².